The van der Waals surface area contributed by atoms with Gasteiger partial charge in [0.25, 0.3) is 5.91 Å². The third kappa shape index (κ3) is 5.32. The number of nitrogens with zero attached hydrogens (tertiary/aromatic N) is 7. The number of pyridine rings is 1. The van der Waals surface area contributed by atoms with Gasteiger partial charge in [0, 0.05) is 61.7 Å². The van der Waals surface area contributed by atoms with E-state index in [1.165, 1.54) is 6.33 Å². The quantitative estimate of drug-likeness (QED) is 0.422. The molecule has 8 nitrogen and oxygen atoms in total. The van der Waals surface area contributed by atoms with E-state index in [1.807, 2.05) is 65.4 Å². The molecule has 0 spiro atoms. The molecule has 0 radical (unpaired) electrons. The monoisotopic (exact) mass is 465 g/mol. The van der Waals surface area contributed by atoms with Gasteiger partial charge in [-0.3, -0.25) is 9.78 Å². The minimum atomic E-state index is 0.00631. The van der Waals surface area contributed by atoms with Crippen LogP contribution < -0.4 is 4.90 Å². The molecule has 4 aromatic rings. The highest BCUT2D eigenvalue weighted by Crippen LogP contribution is 2.25. The van der Waals surface area contributed by atoms with Crippen LogP contribution in [-0.4, -0.2) is 56.1 Å². The number of aromatic nitrogens is 5. The highest BCUT2D eigenvalue weighted by atomic mass is 16.2. The van der Waals surface area contributed by atoms with Crippen molar-refractivity contribution in [1.29, 1.82) is 0 Å². The lowest BCUT2D eigenvalue weighted by Crippen LogP contribution is -2.40. The van der Waals surface area contributed by atoms with Crippen LogP contribution in [-0.2, 0) is 6.42 Å². The van der Waals surface area contributed by atoms with Crippen LogP contribution in [0.25, 0.3) is 11.1 Å². The zero-order valence-electron chi connectivity index (χ0n) is 19.7. The second-order valence-electron chi connectivity index (χ2n) is 8.83. The van der Waals surface area contributed by atoms with Crippen molar-refractivity contribution >= 4 is 17.4 Å². The van der Waals surface area contributed by atoms with Crippen LogP contribution >= 0.6 is 0 Å². The lowest BCUT2D eigenvalue weighted by Gasteiger charge is -2.32. The Morgan fingerprint density at radius 1 is 0.971 bits per heavy atom. The number of benzene rings is 1. The fourth-order valence-electron chi connectivity index (χ4n) is 4.48. The molecule has 1 saturated heterocycles. The van der Waals surface area contributed by atoms with E-state index in [4.69, 9.17) is 0 Å². The standard InChI is InChI=1S/C27H27N7O/c1-33(25-7-3-2-4-8-25)26-10-9-24(31-32-26)12-20-6-5-11-34(18-20)27(35)22-13-21(14-28-15-22)23-16-29-19-30-17-23/h2-4,7-10,13-17,19-20H,5-6,11-12,18H2,1H3/t20-/m1/s1. The van der Waals surface area contributed by atoms with Crippen LogP contribution in [0.3, 0.4) is 0 Å². The van der Waals surface area contributed by atoms with E-state index in [2.05, 4.69) is 25.1 Å². The second kappa shape index (κ2) is 10.4. The number of piperidine rings is 1. The number of hydrogen-bond donors (Lipinski definition) is 0. The molecule has 1 aliphatic heterocycles. The SMILES string of the molecule is CN(c1ccccc1)c1ccc(C[C@H]2CCCN(C(=O)c3cncc(-c4cncnc4)c3)C2)nn1. The summed E-state index contributed by atoms with van der Waals surface area (Å²) in [4.78, 5) is 29.6. The van der Waals surface area contributed by atoms with E-state index in [0.717, 1.165) is 54.1 Å². The normalized spacial score (nSPS) is 15.6. The Morgan fingerprint density at radius 3 is 2.54 bits per heavy atom. The molecule has 0 bridgehead atoms. The van der Waals surface area contributed by atoms with E-state index >= 15 is 0 Å². The lowest BCUT2D eigenvalue weighted by atomic mass is 9.93. The number of amides is 1. The molecule has 3 aromatic heterocycles. The third-order valence-corrected chi connectivity index (χ3v) is 6.38. The van der Waals surface area contributed by atoms with Crippen molar-refractivity contribution in [2.75, 3.05) is 25.0 Å². The molecule has 1 aromatic carbocycles. The zero-order chi connectivity index (χ0) is 24.0. The Labute approximate surface area is 204 Å². The molecular formula is C27H27N7O. The van der Waals surface area contributed by atoms with Gasteiger partial charge in [0.15, 0.2) is 5.82 Å². The molecule has 8 heteroatoms. The lowest BCUT2D eigenvalue weighted by molar-refractivity contribution is 0.0672. The summed E-state index contributed by atoms with van der Waals surface area (Å²) in [6.45, 7) is 1.45. The van der Waals surface area contributed by atoms with Crippen molar-refractivity contribution in [2.24, 2.45) is 5.92 Å². The first-order valence-corrected chi connectivity index (χ1v) is 11.8. The first-order valence-electron chi connectivity index (χ1n) is 11.8. The van der Waals surface area contributed by atoms with Crippen LogP contribution in [0.15, 0.2) is 79.6 Å². The summed E-state index contributed by atoms with van der Waals surface area (Å²) in [7, 11) is 1.98. The second-order valence-corrected chi connectivity index (χ2v) is 8.83. The molecule has 35 heavy (non-hydrogen) atoms. The van der Waals surface area contributed by atoms with Crippen molar-refractivity contribution in [2.45, 2.75) is 19.3 Å². The van der Waals surface area contributed by atoms with Gasteiger partial charge in [-0.05, 0) is 55.5 Å². The maximum Gasteiger partial charge on any atom is 0.255 e. The van der Waals surface area contributed by atoms with Crippen LogP contribution in [0.2, 0.25) is 0 Å². The van der Waals surface area contributed by atoms with Crippen molar-refractivity contribution in [3.63, 3.8) is 0 Å². The number of carbonyl (C=O) groups is 1. The number of carbonyl (C=O) groups excluding carboxylic acids is 1. The molecule has 0 unspecified atom stereocenters. The Balaban J connectivity index is 1.23. The average molecular weight is 466 g/mol. The van der Waals surface area contributed by atoms with Crippen LogP contribution in [0.4, 0.5) is 11.5 Å². The molecular weight excluding hydrogens is 438 g/mol. The summed E-state index contributed by atoms with van der Waals surface area (Å²) in [5.74, 6) is 1.15. The minimum Gasteiger partial charge on any atom is -0.338 e. The highest BCUT2D eigenvalue weighted by molar-refractivity contribution is 5.95. The molecule has 1 aliphatic rings. The zero-order valence-corrected chi connectivity index (χ0v) is 19.7. The van der Waals surface area contributed by atoms with E-state index in [9.17, 15) is 4.79 Å². The van der Waals surface area contributed by atoms with E-state index in [1.54, 1.807) is 24.8 Å². The summed E-state index contributed by atoms with van der Waals surface area (Å²) in [5.41, 5.74) is 4.27. The fourth-order valence-corrected chi connectivity index (χ4v) is 4.48. The average Bonchev–Trinajstić information content (AvgIpc) is 2.94. The van der Waals surface area contributed by atoms with Gasteiger partial charge in [-0.15, -0.1) is 5.10 Å². The summed E-state index contributed by atoms with van der Waals surface area (Å²) in [6.07, 6.45) is 11.1. The number of para-hydroxylation sites is 1. The van der Waals surface area contributed by atoms with Crippen LogP contribution in [0.1, 0.15) is 28.9 Å². The van der Waals surface area contributed by atoms with Crippen molar-refractivity contribution in [1.82, 2.24) is 30.0 Å². The summed E-state index contributed by atoms with van der Waals surface area (Å²) >= 11 is 0. The number of hydrogen-bond acceptors (Lipinski definition) is 7. The predicted octanol–water partition coefficient (Wildman–Crippen LogP) is 4.19. The number of anilines is 2. The molecule has 0 N–H and O–H groups in total. The van der Waals surface area contributed by atoms with Crippen LogP contribution in [0.5, 0.6) is 0 Å². The smallest absolute Gasteiger partial charge is 0.255 e. The largest absolute Gasteiger partial charge is 0.338 e. The van der Waals surface area contributed by atoms with Gasteiger partial charge in [-0.2, -0.15) is 5.10 Å². The topological polar surface area (TPSA) is 88.0 Å². The summed E-state index contributed by atoms with van der Waals surface area (Å²) in [6, 6.07) is 16.0. The molecule has 176 valence electrons. The molecule has 1 atom stereocenters. The van der Waals surface area contributed by atoms with Gasteiger partial charge in [0.05, 0.1) is 11.3 Å². The first-order chi connectivity index (χ1) is 17.2. The van der Waals surface area contributed by atoms with E-state index in [0.29, 0.717) is 18.0 Å². The number of likely N-dealkylation sites (tertiary alicyclic amines) is 1. The molecule has 0 saturated carbocycles. The Kier molecular flexibility index (Phi) is 6.70. The summed E-state index contributed by atoms with van der Waals surface area (Å²) < 4.78 is 0. The molecule has 1 fully saturated rings. The van der Waals surface area contributed by atoms with Gasteiger partial charge in [0.2, 0.25) is 0 Å². The Bertz CT molecular complexity index is 1270. The predicted molar refractivity (Wildman–Crippen MR) is 134 cm³/mol. The molecule has 0 aliphatic carbocycles. The summed E-state index contributed by atoms with van der Waals surface area (Å²) in [5, 5.41) is 8.91. The Morgan fingerprint density at radius 2 is 1.77 bits per heavy atom. The molecule has 4 heterocycles. The number of rotatable bonds is 6. The van der Waals surface area contributed by atoms with Crippen molar-refractivity contribution in [3.05, 3.63) is 90.9 Å². The van der Waals surface area contributed by atoms with Crippen LogP contribution in [0, 0.1) is 5.92 Å². The van der Waals surface area contributed by atoms with E-state index in [-0.39, 0.29) is 5.91 Å². The van der Waals surface area contributed by atoms with Gasteiger partial charge >= 0.3 is 0 Å². The highest BCUT2D eigenvalue weighted by Gasteiger charge is 2.25. The van der Waals surface area contributed by atoms with Gasteiger partial charge in [0.1, 0.15) is 6.33 Å². The van der Waals surface area contributed by atoms with Crippen molar-refractivity contribution in [3.8, 4) is 11.1 Å². The fraction of sp³-hybridized carbons (Fsp3) is 0.259. The maximum absolute atomic E-state index is 13.3. The maximum atomic E-state index is 13.3. The van der Waals surface area contributed by atoms with Gasteiger partial charge in [-0.1, -0.05) is 18.2 Å². The molecule has 5 rings (SSSR count). The van der Waals surface area contributed by atoms with E-state index < -0.39 is 0 Å². The third-order valence-electron chi connectivity index (χ3n) is 6.38. The van der Waals surface area contributed by atoms with Gasteiger partial charge in [-0.25, -0.2) is 9.97 Å². The first kappa shape index (κ1) is 22.6. The Hall–Kier alpha value is -4.20. The van der Waals surface area contributed by atoms with Gasteiger partial charge < -0.3 is 9.80 Å². The molecule has 1 amide bonds. The van der Waals surface area contributed by atoms with Crippen molar-refractivity contribution < 1.29 is 4.79 Å². The minimum absolute atomic E-state index is 0.00631.